The molecule has 134 valence electrons. The fourth-order valence-corrected chi connectivity index (χ4v) is 3.73. The number of carbonyl (C=O) groups excluding carboxylic acids is 1. The lowest BCUT2D eigenvalue weighted by Crippen LogP contribution is -2.45. The van der Waals surface area contributed by atoms with Crippen molar-refractivity contribution in [3.8, 4) is 0 Å². The number of hydrogen-bond acceptors (Lipinski definition) is 4. The van der Waals surface area contributed by atoms with Crippen molar-refractivity contribution in [3.63, 3.8) is 0 Å². The summed E-state index contributed by atoms with van der Waals surface area (Å²) in [6.45, 7) is 0.918. The van der Waals surface area contributed by atoms with E-state index >= 15 is 0 Å². The first-order chi connectivity index (χ1) is 12.5. The Labute approximate surface area is 156 Å². The van der Waals surface area contributed by atoms with Gasteiger partial charge in [-0.05, 0) is 53.0 Å². The van der Waals surface area contributed by atoms with Gasteiger partial charge in [0.05, 0.1) is 10.9 Å². The van der Waals surface area contributed by atoms with Crippen molar-refractivity contribution in [1.82, 2.24) is 14.5 Å². The summed E-state index contributed by atoms with van der Waals surface area (Å²) in [5, 5.41) is 0.492. The highest BCUT2D eigenvalue weighted by Crippen LogP contribution is 2.23. The number of H-pyrrole nitrogens is 1. The molecule has 7 nitrogen and oxygen atoms in total. The molecule has 4 rings (SSSR count). The molecule has 3 heterocycles. The number of furan rings is 1. The molecule has 1 aromatic carbocycles. The number of likely N-dealkylation sites (tertiary alicyclic amines) is 1. The van der Waals surface area contributed by atoms with Gasteiger partial charge in [0, 0.05) is 19.1 Å². The molecule has 1 saturated heterocycles. The average molecular weight is 418 g/mol. The van der Waals surface area contributed by atoms with Gasteiger partial charge in [0.15, 0.2) is 10.4 Å². The van der Waals surface area contributed by atoms with Crippen molar-refractivity contribution in [2.75, 3.05) is 13.1 Å². The Hall–Kier alpha value is -2.61. The van der Waals surface area contributed by atoms with Crippen LogP contribution < -0.4 is 11.2 Å². The van der Waals surface area contributed by atoms with Crippen LogP contribution in [0.3, 0.4) is 0 Å². The Bertz CT molecular complexity index is 1090. The third-order valence-corrected chi connectivity index (χ3v) is 5.16. The maximum atomic E-state index is 12.7. The molecule has 0 radical (unpaired) electrons. The van der Waals surface area contributed by atoms with E-state index in [0.29, 0.717) is 41.5 Å². The van der Waals surface area contributed by atoms with E-state index in [2.05, 4.69) is 20.9 Å². The summed E-state index contributed by atoms with van der Waals surface area (Å²) in [5.74, 6) is 0.0879. The zero-order valence-electron chi connectivity index (χ0n) is 13.8. The molecule has 1 amide bonds. The number of piperidine rings is 1. The number of amides is 1. The van der Waals surface area contributed by atoms with Crippen LogP contribution in [0, 0.1) is 0 Å². The second kappa shape index (κ2) is 6.60. The Kier molecular flexibility index (Phi) is 4.28. The van der Waals surface area contributed by atoms with E-state index in [1.54, 1.807) is 41.3 Å². The Morgan fingerprint density at radius 3 is 2.54 bits per heavy atom. The van der Waals surface area contributed by atoms with Crippen LogP contribution >= 0.6 is 15.9 Å². The number of carbonyl (C=O) groups is 1. The maximum absolute atomic E-state index is 12.7. The second-order valence-electron chi connectivity index (χ2n) is 6.28. The second-order valence-corrected chi connectivity index (χ2v) is 7.06. The van der Waals surface area contributed by atoms with Gasteiger partial charge >= 0.3 is 5.69 Å². The maximum Gasteiger partial charge on any atom is 0.329 e. The molecule has 0 atom stereocenters. The van der Waals surface area contributed by atoms with Crippen LogP contribution in [0.2, 0.25) is 0 Å². The summed E-state index contributed by atoms with van der Waals surface area (Å²) < 4.78 is 7.10. The van der Waals surface area contributed by atoms with Gasteiger partial charge in [-0.15, -0.1) is 0 Å². The highest BCUT2D eigenvalue weighted by atomic mass is 79.9. The Morgan fingerprint density at radius 1 is 1.12 bits per heavy atom. The highest BCUT2D eigenvalue weighted by molar-refractivity contribution is 9.10. The molecular weight excluding hydrogens is 402 g/mol. The van der Waals surface area contributed by atoms with Gasteiger partial charge < -0.3 is 14.3 Å². The van der Waals surface area contributed by atoms with Crippen LogP contribution in [-0.2, 0) is 0 Å². The van der Waals surface area contributed by atoms with Gasteiger partial charge in [0.25, 0.3) is 11.5 Å². The molecular formula is C18H16BrN3O4. The summed E-state index contributed by atoms with van der Waals surface area (Å²) in [6.07, 6.45) is 1.07. The molecule has 8 heteroatoms. The largest absolute Gasteiger partial charge is 0.444 e. The summed E-state index contributed by atoms with van der Waals surface area (Å²) in [4.78, 5) is 42.0. The lowest BCUT2D eigenvalue weighted by molar-refractivity contribution is 0.0658. The van der Waals surface area contributed by atoms with Crippen molar-refractivity contribution in [2.45, 2.75) is 18.9 Å². The van der Waals surface area contributed by atoms with Crippen LogP contribution in [0.1, 0.15) is 29.4 Å². The minimum absolute atomic E-state index is 0.186. The van der Waals surface area contributed by atoms with Crippen LogP contribution in [-0.4, -0.2) is 33.4 Å². The van der Waals surface area contributed by atoms with Crippen molar-refractivity contribution in [1.29, 1.82) is 0 Å². The zero-order chi connectivity index (χ0) is 18.3. The average Bonchev–Trinajstić information content (AvgIpc) is 3.08. The minimum atomic E-state index is -0.409. The fourth-order valence-electron chi connectivity index (χ4n) is 3.42. The summed E-state index contributed by atoms with van der Waals surface area (Å²) in [6, 6.07) is 10.0. The predicted molar refractivity (Wildman–Crippen MR) is 99.4 cm³/mol. The topological polar surface area (TPSA) is 88.3 Å². The molecule has 1 N–H and O–H groups in total. The first-order valence-electron chi connectivity index (χ1n) is 8.33. The standard InChI is InChI=1S/C18H16BrN3O4/c19-15-6-5-14(26-15)17(24)21-9-7-11(8-10-21)22-16(23)12-3-1-2-4-13(12)20-18(22)25/h1-6,11H,7-10H2,(H,20,25). The third-order valence-electron chi connectivity index (χ3n) is 4.74. The van der Waals surface area contributed by atoms with Crippen LogP contribution in [0.25, 0.3) is 10.9 Å². The van der Waals surface area contributed by atoms with Crippen molar-refractivity contribution in [3.05, 3.63) is 67.7 Å². The van der Waals surface area contributed by atoms with E-state index in [4.69, 9.17) is 4.42 Å². The number of para-hydroxylation sites is 1. The lowest BCUT2D eigenvalue weighted by Gasteiger charge is -2.32. The van der Waals surface area contributed by atoms with Gasteiger partial charge in [0.2, 0.25) is 0 Å². The number of rotatable bonds is 2. The van der Waals surface area contributed by atoms with E-state index in [9.17, 15) is 14.4 Å². The molecule has 1 aliphatic heterocycles. The Morgan fingerprint density at radius 2 is 1.85 bits per heavy atom. The van der Waals surface area contributed by atoms with Crippen molar-refractivity contribution < 1.29 is 9.21 Å². The fraction of sp³-hybridized carbons (Fsp3) is 0.278. The molecule has 0 spiro atoms. The zero-order valence-corrected chi connectivity index (χ0v) is 15.4. The van der Waals surface area contributed by atoms with E-state index in [-0.39, 0.29) is 23.3 Å². The van der Waals surface area contributed by atoms with Gasteiger partial charge in [-0.25, -0.2) is 4.79 Å². The molecule has 0 unspecified atom stereocenters. The van der Waals surface area contributed by atoms with E-state index in [1.807, 2.05) is 0 Å². The normalized spacial score (nSPS) is 15.5. The van der Waals surface area contributed by atoms with Crippen LogP contribution in [0.4, 0.5) is 0 Å². The number of fused-ring (bicyclic) bond motifs is 1. The van der Waals surface area contributed by atoms with Crippen molar-refractivity contribution >= 4 is 32.7 Å². The molecule has 1 aliphatic rings. The summed E-state index contributed by atoms with van der Waals surface area (Å²) in [7, 11) is 0. The highest BCUT2D eigenvalue weighted by Gasteiger charge is 2.28. The molecule has 0 bridgehead atoms. The van der Waals surface area contributed by atoms with Crippen molar-refractivity contribution in [2.24, 2.45) is 0 Å². The SMILES string of the molecule is O=C(c1ccc(Br)o1)N1CCC(n2c(=O)[nH]c3ccccc3c2=O)CC1. The minimum Gasteiger partial charge on any atom is -0.444 e. The van der Waals surface area contributed by atoms with E-state index in [1.165, 1.54) is 4.57 Å². The van der Waals surface area contributed by atoms with Crippen LogP contribution in [0.15, 0.2) is 55.1 Å². The molecule has 26 heavy (non-hydrogen) atoms. The predicted octanol–water partition coefficient (Wildman–Crippen LogP) is 2.52. The van der Waals surface area contributed by atoms with E-state index in [0.717, 1.165) is 0 Å². The first-order valence-corrected chi connectivity index (χ1v) is 9.12. The number of nitrogens with one attached hydrogen (secondary N) is 1. The molecule has 1 fully saturated rings. The summed E-state index contributed by atoms with van der Waals surface area (Å²) >= 11 is 3.19. The molecule has 0 saturated carbocycles. The number of aromatic amines is 1. The number of nitrogens with zero attached hydrogens (tertiary/aromatic N) is 2. The number of benzene rings is 1. The first kappa shape index (κ1) is 16.8. The number of halogens is 1. The smallest absolute Gasteiger partial charge is 0.329 e. The van der Waals surface area contributed by atoms with Gasteiger partial charge in [-0.2, -0.15) is 0 Å². The van der Waals surface area contributed by atoms with Gasteiger partial charge in [-0.1, -0.05) is 12.1 Å². The molecule has 2 aromatic heterocycles. The third kappa shape index (κ3) is 2.90. The number of aromatic nitrogens is 2. The quantitative estimate of drug-likeness (QED) is 0.693. The summed E-state index contributed by atoms with van der Waals surface area (Å²) in [5.41, 5.74) is -0.160. The molecule has 3 aromatic rings. The molecule has 0 aliphatic carbocycles. The monoisotopic (exact) mass is 417 g/mol. The number of hydrogen-bond donors (Lipinski definition) is 1. The van der Waals surface area contributed by atoms with E-state index < -0.39 is 5.69 Å². The van der Waals surface area contributed by atoms with Crippen LogP contribution in [0.5, 0.6) is 0 Å². The van der Waals surface area contributed by atoms with Gasteiger partial charge in [-0.3, -0.25) is 14.2 Å². The Balaban J connectivity index is 1.57. The lowest BCUT2D eigenvalue weighted by atomic mass is 10.0. The van der Waals surface area contributed by atoms with Gasteiger partial charge in [0.1, 0.15) is 0 Å².